The number of hydrogen-bond acceptors (Lipinski definition) is 6. The van der Waals surface area contributed by atoms with Crippen LogP contribution in [-0.2, 0) is 14.8 Å². The zero-order valence-electron chi connectivity index (χ0n) is 15.6. The van der Waals surface area contributed by atoms with Crippen LogP contribution in [0.4, 0.5) is 0 Å². The van der Waals surface area contributed by atoms with Gasteiger partial charge in [0.15, 0.2) is 6.61 Å². The second-order valence-electron chi connectivity index (χ2n) is 6.73. The van der Waals surface area contributed by atoms with Gasteiger partial charge < -0.3 is 10.2 Å². The Balaban J connectivity index is 1.78. The van der Waals surface area contributed by atoms with E-state index in [-0.39, 0.29) is 23.5 Å². The first kappa shape index (κ1) is 19.6. The molecule has 1 fully saturated rings. The molecule has 1 atom stereocenters. The molecule has 1 aliphatic rings. The number of nitrogens with one attached hydrogen (secondary N) is 1. The Hall–Kier alpha value is -2.20. The Morgan fingerprint density at radius 2 is 2.04 bits per heavy atom. The molecule has 1 aromatic heterocycles. The molecule has 0 saturated carbocycles. The molecule has 0 unspecified atom stereocenters. The van der Waals surface area contributed by atoms with E-state index in [0.717, 1.165) is 30.5 Å². The van der Waals surface area contributed by atoms with Crippen molar-refractivity contribution in [1.82, 2.24) is 24.8 Å². The third-order valence-electron chi connectivity index (χ3n) is 4.68. The monoisotopic (exact) mass is 395 g/mol. The fourth-order valence-electron chi connectivity index (χ4n) is 2.93. The highest BCUT2D eigenvalue weighted by Gasteiger charge is 2.26. The van der Waals surface area contributed by atoms with Crippen LogP contribution in [0.3, 0.4) is 0 Å². The van der Waals surface area contributed by atoms with Crippen LogP contribution < -0.4 is 10.2 Å². The normalized spacial score (nSPS) is 17.0. The molecule has 148 valence electrons. The van der Waals surface area contributed by atoms with E-state index in [1.54, 1.807) is 6.07 Å². The fourth-order valence-corrected chi connectivity index (χ4v) is 4.46. The van der Waals surface area contributed by atoms with Crippen LogP contribution in [-0.4, -0.2) is 59.5 Å². The highest BCUT2D eigenvalue weighted by atomic mass is 32.2. The number of fused-ring (bicyclic) bond motifs is 1. The summed E-state index contributed by atoms with van der Waals surface area (Å²) in [6.07, 6.45) is 3.61. The Morgan fingerprint density at radius 1 is 1.30 bits per heavy atom. The maximum absolute atomic E-state index is 12.9. The van der Waals surface area contributed by atoms with Crippen molar-refractivity contribution in [3.05, 3.63) is 18.2 Å². The van der Waals surface area contributed by atoms with E-state index in [1.165, 1.54) is 16.4 Å². The quantitative estimate of drug-likeness (QED) is 0.748. The summed E-state index contributed by atoms with van der Waals surface area (Å²) in [6.45, 7) is 4.71. The lowest BCUT2D eigenvalue weighted by molar-refractivity contribution is -0.126. The summed E-state index contributed by atoms with van der Waals surface area (Å²) < 4.78 is 27.2. The van der Waals surface area contributed by atoms with E-state index in [2.05, 4.69) is 15.6 Å². The summed E-state index contributed by atoms with van der Waals surface area (Å²) in [5.41, 5.74) is 0.902. The van der Waals surface area contributed by atoms with Crippen LogP contribution >= 0.6 is 0 Å². The van der Waals surface area contributed by atoms with E-state index in [9.17, 15) is 13.2 Å². The average Bonchev–Trinajstić information content (AvgIpc) is 3.09. The molecular weight excluding hydrogens is 370 g/mol. The number of rotatable bonds is 7. The van der Waals surface area contributed by atoms with Crippen molar-refractivity contribution in [2.75, 3.05) is 19.7 Å². The van der Waals surface area contributed by atoms with E-state index in [4.69, 9.17) is 4.84 Å². The molecule has 1 aliphatic heterocycles. The second-order valence-corrected chi connectivity index (χ2v) is 8.67. The number of aromatic nitrogens is 3. The molecule has 1 amide bonds. The van der Waals surface area contributed by atoms with Gasteiger partial charge in [-0.1, -0.05) is 18.2 Å². The fraction of sp³-hybridized carbons (Fsp3) is 0.588. The summed E-state index contributed by atoms with van der Waals surface area (Å²) in [5.74, 6) is -0.273. The van der Waals surface area contributed by atoms with Crippen LogP contribution in [0.1, 0.15) is 39.5 Å². The number of amides is 1. The van der Waals surface area contributed by atoms with E-state index in [1.807, 2.05) is 13.8 Å². The van der Waals surface area contributed by atoms with Crippen molar-refractivity contribution < 1.29 is 18.0 Å². The topological polar surface area (TPSA) is 106 Å². The highest BCUT2D eigenvalue weighted by Crippen LogP contribution is 2.23. The molecule has 0 radical (unpaired) electrons. The lowest BCUT2D eigenvalue weighted by Gasteiger charge is -2.25. The van der Waals surface area contributed by atoms with Crippen LogP contribution in [0.25, 0.3) is 11.0 Å². The van der Waals surface area contributed by atoms with Crippen molar-refractivity contribution in [3.63, 3.8) is 0 Å². The standard InChI is InChI=1S/C17H25N5O4S/c1-3-13(2)18-17(23)12-26-22-16-11-14(7-8-15(16)19-20-22)27(24,25)21-9-5-4-6-10-21/h7-8,11,13H,3-6,9-10,12H2,1-2H3,(H,18,23)/t13-/m0/s1. The van der Waals surface area contributed by atoms with Gasteiger partial charge in [-0.2, -0.15) is 4.31 Å². The SMILES string of the molecule is CC[C@H](C)NC(=O)COn1nnc2ccc(S(=O)(=O)N3CCCCC3)cc21. The summed E-state index contributed by atoms with van der Waals surface area (Å²) in [4.78, 5) is 18.6. The first-order valence-electron chi connectivity index (χ1n) is 9.20. The zero-order chi connectivity index (χ0) is 19.4. The van der Waals surface area contributed by atoms with Crippen LogP contribution in [0.15, 0.2) is 23.1 Å². The summed E-state index contributed by atoms with van der Waals surface area (Å²) >= 11 is 0. The summed E-state index contributed by atoms with van der Waals surface area (Å²) in [5, 5.41) is 10.6. The molecule has 0 spiro atoms. The molecule has 27 heavy (non-hydrogen) atoms. The molecule has 2 heterocycles. The van der Waals surface area contributed by atoms with Gasteiger partial charge in [0.25, 0.3) is 5.91 Å². The van der Waals surface area contributed by atoms with Crippen LogP contribution in [0.5, 0.6) is 0 Å². The molecule has 1 N–H and O–H groups in total. The Kier molecular flexibility index (Phi) is 5.95. The number of piperidine rings is 1. The van der Waals surface area contributed by atoms with Crippen molar-refractivity contribution in [2.24, 2.45) is 0 Å². The number of sulfonamides is 1. The smallest absolute Gasteiger partial charge is 0.260 e. The van der Waals surface area contributed by atoms with Gasteiger partial charge in [-0.3, -0.25) is 4.79 Å². The maximum atomic E-state index is 12.9. The van der Waals surface area contributed by atoms with E-state index < -0.39 is 10.0 Å². The minimum Gasteiger partial charge on any atom is -0.385 e. The van der Waals surface area contributed by atoms with Gasteiger partial charge in [0.05, 0.1) is 4.90 Å². The van der Waals surface area contributed by atoms with Crippen molar-refractivity contribution in [3.8, 4) is 0 Å². The predicted molar refractivity (Wildman–Crippen MR) is 99.5 cm³/mol. The van der Waals surface area contributed by atoms with Gasteiger partial charge in [-0.05, 0) is 49.6 Å². The van der Waals surface area contributed by atoms with E-state index in [0.29, 0.717) is 24.1 Å². The third kappa shape index (κ3) is 4.38. The van der Waals surface area contributed by atoms with Crippen molar-refractivity contribution >= 4 is 27.0 Å². The van der Waals surface area contributed by atoms with Crippen LogP contribution in [0.2, 0.25) is 0 Å². The summed E-state index contributed by atoms with van der Waals surface area (Å²) in [7, 11) is -3.57. The molecule has 2 aromatic rings. The Labute approximate surface area is 158 Å². The lowest BCUT2D eigenvalue weighted by atomic mass is 10.2. The summed E-state index contributed by atoms with van der Waals surface area (Å²) in [6, 6.07) is 4.67. The Bertz CT molecular complexity index is 905. The minimum atomic E-state index is -3.57. The van der Waals surface area contributed by atoms with Gasteiger partial charge in [0, 0.05) is 19.1 Å². The second kappa shape index (κ2) is 8.22. The highest BCUT2D eigenvalue weighted by molar-refractivity contribution is 7.89. The molecule has 3 rings (SSSR count). The zero-order valence-corrected chi connectivity index (χ0v) is 16.4. The maximum Gasteiger partial charge on any atom is 0.260 e. The number of carbonyl (C=O) groups excluding carboxylic acids is 1. The van der Waals surface area contributed by atoms with Crippen LogP contribution in [0, 0.1) is 0 Å². The molecule has 0 aliphatic carbocycles. The third-order valence-corrected chi connectivity index (χ3v) is 6.57. The first-order chi connectivity index (χ1) is 12.9. The largest absolute Gasteiger partial charge is 0.385 e. The number of benzene rings is 1. The Morgan fingerprint density at radius 3 is 2.74 bits per heavy atom. The molecule has 9 nitrogen and oxygen atoms in total. The molecule has 1 aromatic carbocycles. The predicted octanol–water partition coefficient (Wildman–Crippen LogP) is 0.949. The number of hydrogen-bond donors (Lipinski definition) is 1. The number of carbonyl (C=O) groups is 1. The van der Waals surface area contributed by atoms with Gasteiger partial charge in [0.2, 0.25) is 10.0 Å². The minimum absolute atomic E-state index is 0.0508. The average molecular weight is 395 g/mol. The molecule has 1 saturated heterocycles. The van der Waals surface area contributed by atoms with Crippen molar-refractivity contribution in [2.45, 2.75) is 50.5 Å². The lowest BCUT2D eigenvalue weighted by Crippen LogP contribution is -2.37. The van der Waals surface area contributed by atoms with Gasteiger partial charge in [-0.25, -0.2) is 8.42 Å². The van der Waals surface area contributed by atoms with Crippen molar-refractivity contribution in [1.29, 1.82) is 0 Å². The first-order valence-corrected chi connectivity index (χ1v) is 10.6. The van der Waals surface area contributed by atoms with E-state index >= 15 is 0 Å². The van der Waals surface area contributed by atoms with Gasteiger partial charge in [0.1, 0.15) is 11.0 Å². The van der Waals surface area contributed by atoms with Gasteiger partial charge in [-0.15, -0.1) is 5.10 Å². The molecule has 0 bridgehead atoms. The number of nitrogens with zero attached hydrogens (tertiary/aromatic N) is 4. The molecular formula is C17H25N5O4S. The van der Waals surface area contributed by atoms with Gasteiger partial charge >= 0.3 is 0 Å². The molecule has 10 heteroatoms.